The van der Waals surface area contributed by atoms with Gasteiger partial charge in [-0.3, -0.25) is 9.59 Å². The largest absolute Gasteiger partial charge is 0.506 e. The zero-order valence-electron chi connectivity index (χ0n) is 12.9. The van der Waals surface area contributed by atoms with Crippen LogP contribution in [0.1, 0.15) is 53.3 Å². The number of carbonyl (C=O) groups excluding carboxylic acids is 3. The summed E-state index contributed by atoms with van der Waals surface area (Å²) in [4.78, 5) is 37.2. The summed E-state index contributed by atoms with van der Waals surface area (Å²) in [6.07, 6.45) is 0. The SMILES string of the molecule is COC(=O)c1c(C)cc2c(c1O)C(=O)c1ccc(C)cc1C2=O. The van der Waals surface area contributed by atoms with Crippen molar-refractivity contribution in [2.45, 2.75) is 13.8 Å². The van der Waals surface area contributed by atoms with E-state index in [1.807, 2.05) is 6.92 Å². The van der Waals surface area contributed by atoms with E-state index in [0.29, 0.717) is 11.1 Å². The van der Waals surface area contributed by atoms with Gasteiger partial charge in [-0.1, -0.05) is 17.7 Å². The molecule has 23 heavy (non-hydrogen) atoms. The maximum absolute atomic E-state index is 12.7. The highest BCUT2D eigenvalue weighted by Crippen LogP contribution is 2.37. The van der Waals surface area contributed by atoms with Crippen LogP contribution in [0.15, 0.2) is 24.3 Å². The third kappa shape index (κ3) is 2.04. The number of hydrogen-bond donors (Lipinski definition) is 1. The molecular weight excluding hydrogens is 296 g/mol. The molecule has 3 rings (SSSR count). The second kappa shape index (κ2) is 5.05. The molecular formula is C18H14O5. The summed E-state index contributed by atoms with van der Waals surface area (Å²) in [5, 5.41) is 10.4. The average molecular weight is 310 g/mol. The van der Waals surface area contributed by atoms with Crippen LogP contribution >= 0.6 is 0 Å². The topological polar surface area (TPSA) is 80.7 Å². The summed E-state index contributed by atoms with van der Waals surface area (Å²) < 4.78 is 4.64. The number of ketones is 2. The minimum atomic E-state index is -0.752. The fraction of sp³-hybridized carbons (Fsp3) is 0.167. The van der Waals surface area contributed by atoms with Crippen molar-refractivity contribution in [2.24, 2.45) is 0 Å². The third-order valence-corrected chi connectivity index (χ3v) is 4.02. The number of fused-ring (bicyclic) bond motifs is 2. The number of carbonyl (C=O) groups is 3. The molecule has 116 valence electrons. The summed E-state index contributed by atoms with van der Waals surface area (Å²) in [6, 6.07) is 6.39. The molecule has 2 aromatic rings. The van der Waals surface area contributed by atoms with E-state index in [4.69, 9.17) is 0 Å². The van der Waals surface area contributed by atoms with Gasteiger partial charge in [0.15, 0.2) is 11.6 Å². The number of esters is 1. The highest BCUT2D eigenvalue weighted by Gasteiger charge is 2.35. The maximum atomic E-state index is 12.7. The fourth-order valence-corrected chi connectivity index (χ4v) is 2.89. The Hall–Kier alpha value is -2.95. The summed E-state index contributed by atoms with van der Waals surface area (Å²) in [5.74, 6) is -2.07. The van der Waals surface area contributed by atoms with Crippen LogP contribution in [-0.4, -0.2) is 29.8 Å². The van der Waals surface area contributed by atoms with Gasteiger partial charge in [0, 0.05) is 16.7 Å². The highest BCUT2D eigenvalue weighted by molar-refractivity contribution is 6.30. The van der Waals surface area contributed by atoms with E-state index >= 15 is 0 Å². The van der Waals surface area contributed by atoms with Gasteiger partial charge in [-0.15, -0.1) is 0 Å². The number of hydrogen-bond acceptors (Lipinski definition) is 5. The van der Waals surface area contributed by atoms with Crippen LogP contribution in [0.4, 0.5) is 0 Å². The lowest BCUT2D eigenvalue weighted by molar-refractivity contribution is 0.0596. The predicted octanol–water partition coefficient (Wildman–Crippen LogP) is 2.57. The molecule has 1 N–H and O–H groups in total. The van der Waals surface area contributed by atoms with E-state index in [1.165, 1.54) is 13.2 Å². The Bertz CT molecular complexity index is 893. The van der Waals surface area contributed by atoms with Gasteiger partial charge >= 0.3 is 5.97 Å². The number of phenolic OH excluding ortho intramolecular Hbond substituents is 1. The molecule has 0 saturated carbocycles. The minimum absolute atomic E-state index is 0.0945. The van der Waals surface area contributed by atoms with Gasteiger partial charge in [0.2, 0.25) is 0 Å². The first-order valence-electron chi connectivity index (χ1n) is 7.01. The number of aromatic hydroxyl groups is 1. The molecule has 5 heteroatoms. The molecule has 0 aliphatic heterocycles. The van der Waals surface area contributed by atoms with Crippen molar-refractivity contribution in [1.29, 1.82) is 0 Å². The van der Waals surface area contributed by atoms with Crippen LogP contribution in [0.25, 0.3) is 0 Å². The van der Waals surface area contributed by atoms with Crippen LogP contribution < -0.4 is 0 Å². The monoisotopic (exact) mass is 310 g/mol. The second-order valence-electron chi connectivity index (χ2n) is 5.54. The lowest BCUT2D eigenvalue weighted by Crippen LogP contribution is -2.23. The average Bonchev–Trinajstić information content (AvgIpc) is 2.51. The Morgan fingerprint density at radius 2 is 1.70 bits per heavy atom. The molecule has 0 fully saturated rings. The van der Waals surface area contributed by atoms with Gasteiger partial charge in [0.25, 0.3) is 0 Å². The summed E-state index contributed by atoms with van der Waals surface area (Å²) in [7, 11) is 1.19. The lowest BCUT2D eigenvalue weighted by Gasteiger charge is -2.21. The zero-order valence-corrected chi connectivity index (χ0v) is 12.9. The molecule has 0 radical (unpaired) electrons. The molecule has 0 amide bonds. The molecule has 1 aliphatic carbocycles. The Kier molecular flexibility index (Phi) is 3.29. The van der Waals surface area contributed by atoms with Gasteiger partial charge in [0.05, 0.1) is 12.7 Å². The van der Waals surface area contributed by atoms with E-state index in [9.17, 15) is 19.5 Å². The lowest BCUT2D eigenvalue weighted by atomic mass is 9.81. The van der Waals surface area contributed by atoms with Crippen molar-refractivity contribution >= 4 is 17.5 Å². The van der Waals surface area contributed by atoms with Gasteiger partial charge in [-0.2, -0.15) is 0 Å². The molecule has 2 aromatic carbocycles. The van der Waals surface area contributed by atoms with Crippen molar-refractivity contribution in [3.05, 3.63) is 63.2 Å². The standard InChI is InChI=1S/C18H14O5/c1-8-4-5-10-11(6-8)15(19)12-7-9(2)13(18(22)23-3)17(21)14(12)16(10)20/h4-7,21H,1-3H3. The van der Waals surface area contributed by atoms with Gasteiger partial charge in [-0.25, -0.2) is 4.79 Å². The van der Waals surface area contributed by atoms with E-state index in [-0.39, 0.29) is 28.0 Å². The summed E-state index contributed by atoms with van der Waals surface area (Å²) in [5.41, 5.74) is 1.65. The number of aryl methyl sites for hydroxylation is 2. The van der Waals surface area contributed by atoms with E-state index in [0.717, 1.165) is 5.56 Å². The molecule has 0 bridgehead atoms. The van der Waals surface area contributed by atoms with Crippen molar-refractivity contribution < 1.29 is 24.2 Å². The van der Waals surface area contributed by atoms with Crippen LogP contribution in [0.2, 0.25) is 0 Å². The smallest absolute Gasteiger partial charge is 0.341 e. The van der Waals surface area contributed by atoms with E-state index < -0.39 is 17.5 Å². The molecule has 1 aliphatic rings. The Morgan fingerprint density at radius 1 is 1.00 bits per heavy atom. The normalized spacial score (nSPS) is 12.7. The fourth-order valence-electron chi connectivity index (χ4n) is 2.89. The van der Waals surface area contributed by atoms with Gasteiger partial charge in [-0.05, 0) is 31.5 Å². The first kappa shape index (κ1) is 15.0. The van der Waals surface area contributed by atoms with Gasteiger partial charge < -0.3 is 9.84 Å². The zero-order chi connectivity index (χ0) is 16.9. The van der Waals surface area contributed by atoms with Crippen molar-refractivity contribution in [1.82, 2.24) is 0 Å². The molecule has 0 atom stereocenters. The van der Waals surface area contributed by atoms with E-state index in [1.54, 1.807) is 25.1 Å². The Balaban J connectivity index is 2.34. The highest BCUT2D eigenvalue weighted by atomic mass is 16.5. The Morgan fingerprint density at radius 3 is 2.35 bits per heavy atom. The molecule has 0 saturated heterocycles. The van der Waals surface area contributed by atoms with Crippen molar-refractivity contribution in [3.8, 4) is 5.75 Å². The first-order chi connectivity index (χ1) is 10.9. The van der Waals surface area contributed by atoms with E-state index in [2.05, 4.69) is 4.74 Å². The van der Waals surface area contributed by atoms with Crippen LogP contribution in [0, 0.1) is 13.8 Å². The molecule has 0 spiro atoms. The minimum Gasteiger partial charge on any atom is -0.506 e. The number of rotatable bonds is 1. The number of benzene rings is 2. The molecule has 5 nitrogen and oxygen atoms in total. The van der Waals surface area contributed by atoms with Crippen LogP contribution in [0.3, 0.4) is 0 Å². The summed E-state index contributed by atoms with van der Waals surface area (Å²) in [6.45, 7) is 3.41. The third-order valence-electron chi connectivity index (χ3n) is 4.02. The number of phenols is 1. The molecule has 0 heterocycles. The quantitative estimate of drug-likeness (QED) is 0.699. The second-order valence-corrected chi connectivity index (χ2v) is 5.54. The predicted molar refractivity (Wildman–Crippen MR) is 82.2 cm³/mol. The molecule has 0 aromatic heterocycles. The van der Waals surface area contributed by atoms with Gasteiger partial charge in [0.1, 0.15) is 11.3 Å². The molecule has 0 unspecified atom stereocenters. The maximum Gasteiger partial charge on any atom is 0.341 e. The Labute approximate surface area is 132 Å². The summed E-state index contributed by atoms with van der Waals surface area (Å²) >= 11 is 0. The van der Waals surface area contributed by atoms with Crippen LogP contribution in [0.5, 0.6) is 5.75 Å². The van der Waals surface area contributed by atoms with Crippen molar-refractivity contribution in [3.63, 3.8) is 0 Å². The van der Waals surface area contributed by atoms with Crippen molar-refractivity contribution in [2.75, 3.05) is 7.11 Å². The van der Waals surface area contributed by atoms with Crippen LogP contribution in [-0.2, 0) is 4.74 Å². The first-order valence-corrected chi connectivity index (χ1v) is 7.01. The number of methoxy groups -OCH3 is 1. The number of ether oxygens (including phenoxy) is 1.